The largest absolute Gasteiger partial charge is 0.352 e. The second-order valence-corrected chi connectivity index (χ2v) is 4.43. The van der Waals surface area contributed by atoms with Crippen LogP contribution in [0.2, 0.25) is 0 Å². The molecule has 0 aromatic heterocycles. The number of nitrogens with one attached hydrogen (secondary N) is 1. The topological polar surface area (TPSA) is 72.2 Å². The first-order valence-electron chi connectivity index (χ1n) is 5.80. The number of carbonyl (C=O) groups is 1. The van der Waals surface area contributed by atoms with Crippen LogP contribution in [-0.4, -0.2) is 17.4 Å². The summed E-state index contributed by atoms with van der Waals surface area (Å²) in [5, 5.41) is 13.3. The summed E-state index contributed by atoms with van der Waals surface area (Å²) in [6, 6.07) is 3.15. The van der Waals surface area contributed by atoms with Gasteiger partial charge in [-0.2, -0.15) is 4.39 Å². The van der Waals surface area contributed by atoms with E-state index in [0.29, 0.717) is 12.5 Å². The Kier molecular flexibility index (Phi) is 3.55. The molecule has 0 unspecified atom stereocenters. The maximum absolute atomic E-state index is 13.1. The summed E-state index contributed by atoms with van der Waals surface area (Å²) in [4.78, 5) is 21.4. The Morgan fingerprint density at radius 2 is 2.22 bits per heavy atom. The Morgan fingerprint density at radius 1 is 1.50 bits per heavy atom. The second kappa shape index (κ2) is 5.12. The van der Waals surface area contributed by atoms with E-state index in [-0.39, 0.29) is 5.56 Å². The van der Waals surface area contributed by atoms with Gasteiger partial charge in [0.15, 0.2) is 0 Å². The number of carbonyl (C=O) groups excluding carboxylic acids is 1. The van der Waals surface area contributed by atoms with Crippen LogP contribution in [0.15, 0.2) is 18.2 Å². The van der Waals surface area contributed by atoms with Crippen LogP contribution in [0.3, 0.4) is 0 Å². The summed E-state index contributed by atoms with van der Waals surface area (Å²) in [5.74, 6) is -0.829. The molecule has 1 fully saturated rings. The summed E-state index contributed by atoms with van der Waals surface area (Å²) in [5.41, 5.74) is -0.561. The molecule has 0 atom stereocenters. The number of nitro groups is 1. The van der Waals surface area contributed by atoms with Gasteiger partial charge < -0.3 is 5.32 Å². The SMILES string of the molecule is O=C(NCC1CCC1)c1ccc(F)c([N+](=O)[O-])c1. The molecular formula is C12H13FN2O3. The van der Waals surface area contributed by atoms with E-state index >= 15 is 0 Å². The zero-order valence-electron chi connectivity index (χ0n) is 9.69. The normalized spacial score (nSPS) is 14.9. The number of nitrogens with zero attached hydrogens (tertiary/aromatic N) is 1. The van der Waals surface area contributed by atoms with E-state index in [0.717, 1.165) is 25.0 Å². The highest BCUT2D eigenvalue weighted by molar-refractivity contribution is 5.94. The van der Waals surface area contributed by atoms with Gasteiger partial charge in [0, 0.05) is 18.2 Å². The van der Waals surface area contributed by atoms with Crippen molar-refractivity contribution >= 4 is 11.6 Å². The lowest BCUT2D eigenvalue weighted by molar-refractivity contribution is -0.387. The lowest BCUT2D eigenvalue weighted by atomic mass is 9.85. The van der Waals surface area contributed by atoms with Crippen LogP contribution in [0.25, 0.3) is 0 Å². The first kappa shape index (κ1) is 12.5. The van der Waals surface area contributed by atoms with E-state index in [4.69, 9.17) is 0 Å². The average Bonchev–Trinajstić information content (AvgIpc) is 2.26. The molecule has 1 aromatic rings. The monoisotopic (exact) mass is 252 g/mol. The van der Waals surface area contributed by atoms with Gasteiger partial charge in [-0.15, -0.1) is 0 Å². The summed E-state index contributed by atoms with van der Waals surface area (Å²) >= 11 is 0. The van der Waals surface area contributed by atoms with Crippen molar-refractivity contribution in [1.29, 1.82) is 0 Å². The van der Waals surface area contributed by atoms with Crippen molar-refractivity contribution in [3.05, 3.63) is 39.7 Å². The van der Waals surface area contributed by atoms with Gasteiger partial charge in [-0.05, 0) is 30.9 Å². The Bertz CT molecular complexity index is 486. The van der Waals surface area contributed by atoms with Crippen molar-refractivity contribution in [1.82, 2.24) is 5.32 Å². The molecule has 18 heavy (non-hydrogen) atoms. The van der Waals surface area contributed by atoms with Crippen molar-refractivity contribution in [3.63, 3.8) is 0 Å². The highest BCUT2D eigenvalue weighted by Gasteiger charge is 2.20. The first-order chi connectivity index (χ1) is 8.58. The van der Waals surface area contributed by atoms with Crippen molar-refractivity contribution in [2.45, 2.75) is 19.3 Å². The summed E-state index contributed by atoms with van der Waals surface area (Å²) in [6.45, 7) is 0.573. The number of halogens is 1. The van der Waals surface area contributed by atoms with Crippen LogP contribution in [0.1, 0.15) is 29.6 Å². The number of amides is 1. The van der Waals surface area contributed by atoms with Gasteiger partial charge in [-0.3, -0.25) is 14.9 Å². The number of nitro benzene ring substituents is 1. The molecule has 1 aliphatic carbocycles. The standard InChI is InChI=1S/C12H13FN2O3/c13-10-5-4-9(6-11(10)15(17)18)12(16)14-7-8-2-1-3-8/h4-6,8H,1-3,7H2,(H,14,16). The first-order valence-corrected chi connectivity index (χ1v) is 5.80. The third-order valence-electron chi connectivity index (χ3n) is 3.18. The van der Waals surface area contributed by atoms with E-state index in [1.165, 1.54) is 12.5 Å². The third kappa shape index (κ3) is 2.64. The molecule has 96 valence electrons. The molecule has 0 aliphatic heterocycles. The van der Waals surface area contributed by atoms with Crippen molar-refractivity contribution in [2.75, 3.05) is 6.54 Å². The smallest absolute Gasteiger partial charge is 0.305 e. The summed E-state index contributed by atoms with van der Waals surface area (Å²) in [6.07, 6.45) is 3.39. The van der Waals surface area contributed by atoms with E-state index in [1.807, 2.05) is 0 Å². The fourth-order valence-corrected chi connectivity index (χ4v) is 1.83. The fraction of sp³-hybridized carbons (Fsp3) is 0.417. The number of hydrogen-bond donors (Lipinski definition) is 1. The quantitative estimate of drug-likeness (QED) is 0.660. The molecule has 0 saturated heterocycles. The molecular weight excluding hydrogens is 239 g/mol. The van der Waals surface area contributed by atoms with E-state index in [1.54, 1.807) is 0 Å². The molecule has 1 aromatic carbocycles. The van der Waals surface area contributed by atoms with Crippen molar-refractivity contribution < 1.29 is 14.1 Å². The maximum Gasteiger partial charge on any atom is 0.305 e. The van der Waals surface area contributed by atoms with E-state index < -0.39 is 22.3 Å². The highest BCUT2D eigenvalue weighted by Crippen LogP contribution is 2.25. The van der Waals surface area contributed by atoms with Crippen LogP contribution in [0.5, 0.6) is 0 Å². The van der Waals surface area contributed by atoms with Gasteiger partial charge in [0.2, 0.25) is 5.82 Å². The Morgan fingerprint density at radius 3 is 2.78 bits per heavy atom. The minimum atomic E-state index is -0.935. The van der Waals surface area contributed by atoms with Gasteiger partial charge in [-0.1, -0.05) is 6.42 Å². The zero-order valence-corrected chi connectivity index (χ0v) is 9.69. The van der Waals surface area contributed by atoms with E-state index in [2.05, 4.69) is 5.32 Å². The molecule has 6 heteroatoms. The van der Waals surface area contributed by atoms with Crippen LogP contribution >= 0.6 is 0 Å². The Hall–Kier alpha value is -1.98. The minimum absolute atomic E-state index is 0.113. The van der Waals surface area contributed by atoms with Gasteiger partial charge in [-0.25, -0.2) is 0 Å². The second-order valence-electron chi connectivity index (χ2n) is 4.43. The molecule has 0 bridgehead atoms. The van der Waals surface area contributed by atoms with Crippen molar-refractivity contribution in [3.8, 4) is 0 Å². The number of benzene rings is 1. The molecule has 2 rings (SSSR count). The lowest BCUT2D eigenvalue weighted by Crippen LogP contribution is -2.32. The molecule has 0 spiro atoms. The lowest BCUT2D eigenvalue weighted by Gasteiger charge is -2.25. The zero-order chi connectivity index (χ0) is 13.1. The van der Waals surface area contributed by atoms with E-state index in [9.17, 15) is 19.3 Å². The predicted molar refractivity (Wildman–Crippen MR) is 62.7 cm³/mol. The molecule has 1 N–H and O–H groups in total. The average molecular weight is 252 g/mol. The minimum Gasteiger partial charge on any atom is -0.352 e. The Balaban J connectivity index is 2.04. The fourth-order valence-electron chi connectivity index (χ4n) is 1.83. The molecule has 1 aliphatic rings. The van der Waals surface area contributed by atoms with Crippen LogP contribution in [0, 0.1) is 21.8 Å². The molecule has 0 radical (unpaired) electrons. The van der Waals surface area contributed by atoms with Gasteiger partial charge in [0.25, 0.3) is 5.91 Å². The van der Waals surface area contributed by atoms with Gasteiger partial charge >= 0.3 is 5.69 Å². The molecule has 1 amide bonds. The number of rotatable bonds is 4. The van der Waals surface area contributed by atoms with Crippen LogP contribution in [0.4, 0.5) is 10.1 Å². The van der Waals surface area contributed by atoms with Crippen LogP contribution in [-0.2, 0) is 0 Å². The predicted octanol–water partition coefficient (Wildman–Crippen LogP) is 2.26. The summed E-state index contributed by atoms with van der Waals surface area (Å²) in [7, 11) is 0. The van der Waals surface area contributed by atoms with Crippen molar-refractivity contribution in [2.24, 2.45) is 5.92 Å². The molecule has 1 saturated carbocycles. The van der Waals surface area contributed by atoms with Crippen LogP contribution < -0.4 is 5.32 Å². The molecule has 0 heterocycles. The van der Waals surface area contributed by atoms with Gasteiger partial charge in [0.05, 0.1) is 4.92 Å². The third-order valence-corrected chi connectivity index (χ3v) is 3.18. The van der Waals surface area contributed by atoms with Gasteiger partial charge in [0.1, 0.15) is 0 Å². The summed E-state index contributed by atoms with van der Waals surface area (Å²) < 4.78 is 13.1. The highest BCUT2D eigenvalue weighted by atomic mass is 19.1. The molecule has 5 nitrogen and oxygen atoms in total. The maximum atomic E-state index is 13.1. The Labute approximate surface area is 103 Å². The number of hydrogen-bond acceptors (Lipinski definition) is 3.